The Kier molecular flexibility index (Phi) is 7.88. The van der Waals surface area contributed by atoms with Crippen molar-refractivity contribution in [1.82, 2.24) is 9.66 Å². The molecule has 1 aromatic heterocycles. The highest BCUT2D eigenvalue weighted by atomic mass is 79.9. The first kappa shape index (κ1) is 24.1. The van der Waals surface area contributed by atoms with Crippen molar-refractivity contribution < 1.29 is 19.2 Å². The van der Waals surface area contributed by atoms with Crippen LogP contribution in [0.1, 0.15) is 31.7 Å². The third-order valence-corrected chi connectivity index (χ3v) is 5.02. The van der Waals surface area contributed by atoms with Gasteiger partial charge in [-0.1, -0.05) is 28.9 Å². The molecule has 0 saturated heterocycles. The molecule has 33 heavy (non-hydrogen) atoms. The number of esters is 1. The number of carbonyl (C=O) groups excluding carboxylic acids is 1. The quantitative estimate of drug-likeness (QED) is 0.183. The van der Waals surface area contributed by atoms with Crippen LogP contribution >= 0.6 is 15.9 Å². The number of nitro groups is 1. The molecule has 0 fully saturated rings. The summed E-state index contributed by atoms with van der Waals surface area (Å²) < 4.78 is 12.1. The van der Waals surface area contributed by atoms with Crippen LogP contribution < -0.4 is 10.3 Å². The number of benzene rings is 2. The summed E-state index contributed by atoms with van der Waals surface area (Å²) in [5.41, 5.74) is 0.0504. The Bertz CT molecular complexity index is 1290. The third-order valence-electron chi connectivity index (χ3n) is 4.52. The van der Waals surface area contributed by atoms with E-state index in [2.05, 4.69) is 26.0 Å². The molecule has 0 spiro atoms. The lowest BCUT2D eigenvalue weighted by Crippen LogP contribution is -2.22. The topological polar surface area (TPSA) is 126 Å². The van der Waals surface area contributed by atoms with Crippen molar-refractivity contribution in [3.8, 4) is 5.75 Å². The lowest BCUT2D eigenvalue weighted by molar-refractivity contribution is -0.385. The largest absolute Gasteiger partial charge is 0.474 e. The summed E-state index contributed by atoms with van der Waals surface area (Å²) in [6, 6.07) is 9.45. The molecular weight excluding hydrogens is 496 g/mol. The van der Waals surface area contributed by atoms with Gasteiger partial charge in [0.2, 0.25) is 5.75 Å². The van der Waals surface area contributed by atoms with E-state index in [0.717, 1.165) is 10.9 Å². The molecule has 1 heterocycles. The third kappa shape index (κ3) is 5.61. The van der Waals surface area contributed by atoms with E-state index in [1.54, 1.807) is 25.1 Å². The summed E-state index contributed by atoms with van der Waals surface area (Å²) in [5.74, 6) is -0.363. The maximum Gasteiger partial charge on any atom is 0.344 e. The van der Waals surface area contributed by atoms with Gasteiger partial charge in [-0.15, -0.1) is 0 Å². The van der Waals surface area contributed by atoms with E-state index in [9.17, 15) is 19.7 Å². The van der Waals surface area contributed by atoms with Crippen LogP contribution in [0.2, 0.25) is 0 Å². The first-order valence-corrected chi connectivity index (χ1v) is 11.0. The van der Waals surface area contributed by atoms with Crippen molar-refractivity contribution in [3.63, 3.8) is 0 Å². The van der Waals surface area contributed by atoms with Crippen molar-refractivity contribution in [3.05, 3.63) is 72.7 Å². The summed E-state index contributed by atoms with van der Waals surface area (Å²) in [6.45, 7) is 3.24. The van der Waals surface area contributed by atoms with Gasteiger partial charge in [0.1, 0.15) is 5.82 Å². The molecular formula is C22H21BrN4O6. The maximum absolute atomic E-state index is 13.1. The highest BCUT2D eigenvalue weighted by Crippen LogP contribution is 2.30. The molecule has 10 nitrogen and oxygen atoms in total. The molecule has 11 heteroatoms. The first-order chi connectivity index (χ1) is 15.8. The van der Waals surface area contributed by atoms with Gasteiger partial charge in [0.25, 0.3) is 5.56 Å². The number of ether oxygens (including phenoxy) is 2. The average molecular weight is 517 g/mol. The normalized spacial score (nSPS) is 11.1. The number of hydrogen-bond acceptors (Lipinski definition) is 8. The number of nitrogens with zero attached hydrogens (tertiary/aromatic N) is 4. The van der Waals surface area contributed by atoms with E-state index in [-0.39, 0.29) is 29.2 Å². The fourth-order valence-electron chi connectivity index (χ4n) is 3.10. The number of fused-ring (bicyclic) bond motifs is 1. The number of hydrogen-bond donors (Lipinski definition) is 0. The lowest BCUT2D eigenvalue weighted by atomic mass is 10.2. The zero-order valence-electron chi connectivity index (χ0n) is 18.0. The Labute approximate surface area is 197 Å². The number of nitro benzene ring substituents is 1. The fourth-order valence-corrected chi connectivity index (χ4v) is 3.46. The van der Waals surface area contributed by atoms with E-state index in [1.807, 2.05) is 6.92 Å². The zero-order valence-corrected chi connectivity index (χ0v) is 19.6. The van der Waals surface area contributed by atoms with Crippen LogP contribution in [0.25, 0.3) is 10.9 Å². The summed E-state index contributed by atoms with van der Waals surface area (Å²) in [7, 11) is 0. The summed E-state index contributed by atoms with van der Waals surface area (Å²) >= 11 is 3.35. The van der Waals surface area contributed by atoms with Crippen LogP contribution in [-0.4, -0.2) is 40.0 Å². The zero-order chi connectivity index (χ0) is 24.0. The number of para-hydroxylation sites is 1. The summed E-state index contributed by atoms with van der Waals surface area (Å²) in [5, 5.41) is 16.1. The second-order valence-corrected chi connectivity index (χ2v) is 7.76. The van der Waals surface area contributed by atoms with Crippen molar-refractivity contribution in [2.24, 2.45) is 5.10 Å². The highest BCUT2D eigenvalue weighted by Gasteiger charge is 2.20. The molecule has 2 aromatic carbocycles. The van der Waals surface area contributed by atoms with Crippen molar-refractivity contribution >= 4 is 44.7 Å². The van der Waals surface area contributed by atoms with E-state index < -0.39 is 17.5 Å². The van der Waals surface area contributed by atoms with Gasteiger partial charge >= 0.3 is 11.7 Å². The molecule has 0 N–H and O–H groups in total. The van der Waals surface area contributed by atoms with Gasteiger partial charge in [-0.2, -0.15) is 9.78 Å². The van der Waals surface area contributed by atoms with E-state index in [4.69, 9.17) is 9.47 Å². The van der Waals surface area contributed by atoms with Crippen molar-refractivity contribution in [2.75, 3.05) is 13.2 Å². The minimum Gasteiger partial charge on any atom is -0.474 e. The molecule has 0 aliphatic heterocycles. The average Bonchev–Trinajstić information content (AvgIpc) is 2.78. The molecule has 172 valence electrons. The predicted molar refractivity (Wildman–Crippen MR) is 126 cm³/mol. The highest BCUT2D eigenvalue weighted by molar-refractivity contribution is 9.10. The Morgan fingerprint density at radius 1 is 1.30 bits per heavy atom. The van der Waals surface area contributed by atoms with Crippen LogP contribution in [0, 0.1) is 10.1 Å². The van der Waals surface area contributed by atoms with Crippen LogP contribution in [0.3, 0.4) is 0 Å². The number of aryl methyl sites for hydroxylation is 1. The smallest absolute Gasteiger partial charge is 0.344 e. The minimum atomic E-state index is -0.663. The number of rotatable bonds is 9. The van der Waals surface area contributed by atoms with Crippen molar-refractivity contribution in [2.45, 2.75) is 26.7 Å². The van der Waals surface area contributed by atoms with Crippen LogP contribution in [0.5, 0.6) is 5.75 Å². The van der Waals surface area contributed by atoms with Crippen LogP contribution in [0.4, 0.5) is 5.69 Å². The van der Waals surface area contributed by atoms with Crippen LogP contribution in [-0.2, 0) is 16.0 Å². The van der Waals surface area contributed by atoms with Gasteiger partial charge in [-0.05, 0) is 37.6 Å². The monoisotopic (exact) mass is 516 g/mol. The molecule has 0 bridgehead atoms. The van der Waals surface area contributed by atoms with Crippen LogP contribution in [0.15, 0.2) is 50.8 Å². The molecule has 0 unspecified atom stereocenters. The second-order valence-electron chi connectivity index (χ2n) is 6.85. The SMILES string of the molecule is CCCc1nc2ccc(Br)cc2c(=O)n1N=Cc1cccc([N+](=O)[O-])c1OCC(=O)OCC. The minimum absolute atomic E-state index is 0.152. The molecule has 0 atom stereocenters. The van der Waals surface area contributed by atoms with Gasteiger partial charge in [-0.3, -0.25) is 14.9 Å². The molecule has 3 rings (SSSR count). The van der Waals surface area contributed by atoms with Gasteiger partial charge in [-0.25, -0.2) is 9.78 Å². The standard InChI is InChI=1S/C22H21BrN4O6/c1-3-6-19-25-17-10-9-15(23)11-16(17)22(29)26(19)24-12-14-7-5-8-18(27(30)31)21(14)33-13-20(28)32-4-2/h5,7-12H,3-4,6,13H2,1-2H3. The molecule has 3 aromatic rings. The maximum atomic E-state index is 13.1. The Balaban J connectivity index is 2.09. The number of carbonyl (C=O) groups is 1. The van der Waals surface area contributed by atoms with Gasteiger partial charge in [0.15, 0.2) is 6.61 Å². The van der Waals surface area contributed by atoms with Gasteiger partial charge < -0.3 is 9.47 Å². The summed E-state index contributed by atoms with van der Waals surface area (Å²) in [4.78, 5) is 40.2. The van der Waals surface area contributed by atoms with Gasteiger partial charge in [0.05, 0.1) is 28.6 Å². The summed E-state index contributed by atoms with van der Waals surface area (Å²) in [6.07, 6.45) is 2.51. The predicted octanol–water partition coefficient (Wildman–Crippen LogP) is 3.84. The molecule has 0 amide bonds. The molecule has 0 aliphatic rings. The molecule has 0 radical (unpaired) electrons. The second kappa shape index (κ2) is 10.8. The fraction of sp³-hybridized carbons (Fsp3) is 0.273. The first-order valence-electron chi connectivity index (χ1n) is 10.2. The number of aromatic nitrogens is 2. The Morgan fingerprint density at radius 2 is 2.09 bits per heavy atom. The molecule has 0 aliphatic carbocycles. The van der Waals surface area contributed by atoms with E-state index >= 15 is 0 Å². The van der Waals surface area contributed by atoms with Gasteiger partial charge in [0, 0.05) is 22.5 Å². The van der Waals surface area contributed by atoms with E-state index in [1.165, 1.54) is 29.1 Å². The Morgan fingerprint density at radius 3 is 2.79 bits per heavy atom. The molecule has 0 saturated carbocycles. The Hall–Kier alpha value is -3.60. The van der Waals surface area contributed by atoms with E-state index in [0.29, 0.717) is 23.1 Å². The lowest BCUT2D eigenvalue weighted by Gasteiger charge is -2.10. The number of halogens is 1. The van der Waals surface area contributed by atoms with Crippen molar-refractivity contribution in [1.29, 1.82) is 0 Å².